The molecule has 4 nitrogen and oxygen atoms in total. The van der Waals surface area contributed by atoms with Crippen LogP contribution >= 0.6 is 0 Å². The maximum Gasteiger partial charge on any atom is 0.406 e. The van der Waals surface area contributed by atoms with Crippen molar-refractivity contribution in [3.8, 4) is 5.75 Å². The molecule has 0 spiro atoms. The Morgan fingerprint density at radius 2 is 2.10 bits per heavy atom. The number of alkyl halides is 3. The highest BCUT2D eigenvalue weighted by Gasteiger charge is 2.41. The lowest BCUT2D eigenvalue weighted by atomic mass is 10.1. The average molecular weight is 288 g/mol. The van der Waals surface area contributed by atoms with E-state index in [4.69, 9.17) is 10.5 Å². The zero-order chi connectivity index (χ0) is 14.9. The summed E-state index contributed by atoms with van der Waals surface area (Å²) in [5.74, 6) is -0.481. The lowest BCUT2D eigenvalue weighted by Gasteiger charge is -2.24. The number of halogens is 3. The van der Waals surface area contributed by atoms with Crippen molar-refractivity contribution in [3.05, 3.63) is 23.8 Å². The molecule has 2 N–H and O–H groups in total. The highest BCUT2D eigenvalue weighted by molar-refractivity contribution is 5.98. The molecule has 1 amide bonds. The summed E-state index contributed by atoms with van der Waals surface area (Å²) in [6.45, 7) is -1.26. The van der Waals surface area contributed by atoms with E-state index in [0.717, 1.165) is 4.90 Å². The molecule has 0 unspecified atom stereocenters. The molecular formula is C13H15F3N2O2. The van der Waals surface area contributed by atoms with Gasteiger partial charge >= 0.3 is 6.18 Å². The van der Waals surface area contributed by atoms with Gasteiger partial charge in [0.2, 0.25) is 0 Å². The number of anilines is 1. The highest BCUT2D eigenvalue weighted by atomic mass is 19.4. The molecule has 0 heterocycles. The Bertz CT molecular complexity index is 513. The van der Waals surface area contributed by atoms with Crippen LogP contribution in [-0.2, 0) is 0 Å². The third-order valence-corrected chi connectivity index (χ3v) is 3.05. The summed E-state index contributed by atoms with van der Waals surface area (Å²) in [6, 6.07) is 3.99. The van der Waals surface area contributed by atoms with Crippen LogP contribution in [0.4, 0.5) is 18.9 Å². The number of benzene rings is 1. The predicted octanol–water partition coefficient (Wildman–Crippen LogP) is 2.44. The van der Waals surface area contributed by atoms with Crippen molar-refractivity contribution >= 4 is 11.6 Å². The minimum atomic E-state index is -4.42. The molecule has 0 aromatic heterocycles. The van der Waals surface area contributed by atoms with Gasteiger partial charge in [-0.2, -0.15) is 13.2 Å². The Kier molecular flexibility index (Phi) is 3.78. The monoisotopic (exact) mass is 288 g/mol. The van der Waals surface area contributed by atoms with Crippen LogP contribution < -0.4 is 10.5 Å². The number of nitrogens with two attached hydrogens (primary N) is 1. The van der Waals surface area contributed by atoms with Gasteiger partial charge in [0.25, 0.3) is 5.91 Å². The smallest absolute Gasteiger partial charge is 0.406 e. The van der Waals surface area contributed by atoms with E-state index in [0.29, 0.717) is 18.5 Å². The van der Waals surface area contributed by atoms with E-state index in [1.807, 2.05) is 0 Å². The van der Waals surface area contributed by atoms with E-state index >= 15 is 0 Å². The van der Waals surface area contributed by atoms with Gasteiger partial charge in [0.15, 0.2) is 0 Å². The molecule has 1 aliphatic carbocycles. The van der Waals surface area contributed by atoms with Crippen molar-refractivity contribution in [2.24, 2.45) is 0 Å². The number of amides is 1. The lowest BCUT2D eigenvalue weighted by molar-refractivity contribution is -0.141. The first-order chi connectivity index (χ1) is 9.31. The quantitative estimate of drug-likeness (QED) is 0.866. The number of methoxy groups -OCH3 is 1. The Morgan fingerprint density at radius 1 is 1.45 bits per heavy atom. The molecule has 0 saturated heterocycles. The number of hydrogen-bond acceptors (Lipinski definition) is 3. The van der Waals surface area contributed by atoms with Crippen LogP contribution in [0.2, 0.25) is 0 Å². The molecule has 110 valence electrons. The third-order valence-electron chi connectivity index (χ3n) is 3.05. The summed E-state index contributed by atoms with van der Waals surface area (Å²) in [5.41, 5.74) is 5.95. The number of carbonyl (C=O) groups excluding carboxylic acids is 1. The number of rotatable bonds is 4. The standard InChI is InChI=1S/C13H15F3N2O2/c1-20-11-5-2-8(17)6-10(11)12(19)18(9-3-4-9)7-13(14,15)16/h2,5-6,9H,3-4,7,17H2,1H3. The summed E-state index contributed by atoms with van der Waals surface area (Å²) in [5, 5.41) is 0. The van der Waals surface area contributed by atoms with Crippen molar-refractivity contribution in [1.29, 1.82) is 0 Å². The first-order valence-corrected chi connectivity index (χ1v) is 6.13. The normalized spacial score (nSPS) is 15.0. The molecule has 1 aromatic rings. The van der Waals surface area contributed by atoms with Crippen molar-refractivity contribution < 1.29 is 22.7 Å². The molecule has 1 fully saturated rings. The first-order valence-electron chi connectivity index (χ1n) is 6.13. The number of nitrogen functional groups attached to an aromatic ring is 1. The van der Waals surface area contributed by atoms with E-state index in [-0.39, 0.29) is 17.4 Å². The first kappa shape index (κ1) is 14.5. The summed E-state index contributed by atoms with van der Waals surface area (Å²) in [4.78, 5) is 13.2. The average Bonchev–Trinajstić information content (AvgIpc) is 3.18. The van der Waals surface area contributed by atoms with Crippen LogP contribution in [0.1, 0.15) is 23.2 Å². The molecular weight excluding hydrogens is 273 g/mol. The molecule has 0 aliphatic heterocycles. The van der Waals surface area contributed by atoms with Gasteiger partial charge in [0.1, 0.15) is 12.3 Å². The lowest BCUT2D eigenvalue weighted by Crippen LogP contribution is -2.40. The summed E-state index contributed by atoms with van der Waals surface area (Å²) in [7, 11) is 1.35. The van der Waals surface area contributed by atoms with Gasteiger partial charge in [0, 0.05) is 11.7 Å². The summed E-state index contributed by atoms with van der Waals surface area (Å²) in [6.07, 6.45) is -3.25. The minimum absolute atomic E-state index is 0.0589. The summed E-state index contributed by atoms with van der Waals surface area (Å²) < 4.78 is 42.8. The fourth-order valence-electron chi connectivity index (χ4n) is 1.99. The second-order valence-corrected chi connectivity index (χ2v) is 4.74. The van der Waals surface area contributed by atoms with Crippen molar-refractivity contribution in [2.45, 2.75) is 25.1 Å². The van der Waals surface area contributed by atoms with E-state index in [1.54, 1.807) is 0 Å². The van der Waals surface area contributed by atoms with Crippen LogP contribution in [0.3, 0.4) is 0 Å². The van der Waals surface area contributed by atoms with Gasteiger partial charge in [-0.3, -0.25) is 4.79 Å². The molecule has 2 rings (SSSR count). The van der Waals surface area contributed by atoms with Crippen LogP contribution in [0.25, 0.3) is 0 Å². The van der Waals surface area contributed by atoms with Gasteiger partial charge in [-0.1, -0.05) is 0 Å². The van der Waals surface area contributed by atoms with Gasteiger partial charge in [-0.25, -0.2) is 0 Å². The van der Waals surface area contributed by atoms with E-state index in [2.05, 4.69) is 0 Å². The highest BCUT2D eigenvalue weighted by Crippen LogP contribution is 2.33. The Hall–Kier alpha value is -1.92. The predicted molar refractivity (Wildman–Crippen MR) is 67.5 cm³/mol. The molecule has 20 heavy (non-hydrogen) atoms. The SMILES string of the molecule is COc1ccc(N)cc1C(=O)N(CC(F)(F)F)C1CC1. The molecule has 1 aromatic carbocycles. The molecule has 0 bridgehead atoms. The molecule has 1 aliphatic rings. The topological polar surface area (TPSA) is 55.6 Å². The van der Waals surface area contributed by atoms with Crippen LogP contribution in [0.15, 0.2) is 18.2 Å². The molecule has 1 saturated carbocycles. The maximum atomic E-state index is 12.6. The van der Waals surface area contributed by atoms with Gasteiger partial charge in [-0.05, 0) is 31.0 Å². The van der Waals surface area contributed by atoms with E-state index < -0.39 is 18.6 Å². The van der Waals surface area contributed by atoms with Crippen LogP contribution in [0.5, 0.6) is 5.75 Å². The minimum Gasteiger partial charge on any atom is -0.496 e. The zero-order valence-corrected chi connectivity index (χ0v) is 10.9. The Morgan fingerprint density at radius 3 is 2.60 bits per heavy atom. The maximum absolute atomic E-state index is 12.6. The fourth-order valence-corrected chi connectivity index (χ4v) is 1.99. The van der Waals surface area contributed by atoms with Crippen molar-refractivity contribution in [3.63, 3.8) is 0 Å². The second kappa shape index (κ2) is 5.22. The zero-order valence-electron chi connectivity index (χ0n) is 10.9. The van der Waals surface area contributed by atoms with Crippen LogP contribution in [0, 0.1) is 0 Å². The number of carbonyl (C=O) groups is 1. The third kappa shape index (κ3) is 3.34. The van der Waals surface area contributed by atoms with E-state index in [1.165, 1.54) is 25.3 Å². The molecule has 0 atom stereocenters. The second-order valence-electron chi connectivity index (χ2n) is 4.74. The molecule has 0 radical (unpaired) electrons. The summed E-state index contributed by atoms with van der Waals surface area (Å²) >= 11 is 0. The largest absolute Gasteiger partial charge is 0.496 e. The van der Waals surface area contributed by atoms with E-state index in [9.17, 15) is 18.0 Å². The molecule has 7 heteroatoms. The fraction of sp³-hybridized carbons (Fsp3) is 0.462. The van der Waals surface area contributed by atoms with Crippen molar-refractivity contribution in [2.75, 3.05) is 19.4 Å². The van der Waals surface area contributed by atoms with Gasteiger partial charge in [0.05, 0.1) is 12.7 Å². The van der Waals surface area contributed by atoms with Crippen LogP contribution in [-0.4, -0.2) is 36.7 Å². The van der Waals surface area contributed by atoms with Crippen molar-refractivity contribution in [1.82, 2.24) is 4.90 Å². The number of ether oxygens (including phenoxy) is 1. The van der Waals surface area contributed by atoms with Gasteiger partial charge < -0.3 is 15.4 Å². The van der Waals surface area contributed by atoms with Gasteiger partial charge in [-0.15, -0.1) is 0 Å². The number of nitrogens with zero attached hydrogens (tertiary/aromatic N) is 1. The Labute approximate surface area is 114 Å². The Balaban J connectivity index is 2.30. The number of hydrogen-bond donors (Lipinski definition) is 1.